The SMILES string of the molecule is O=C(COCCCl)Nc1c(I)c(C(=O)Cl)c(I)c(C(=O)Cl)c1I. The topological polar surface area (TPSA) is 72.5 Å². The van der Waals surface area contributed by atoms with E-state index in [0.29, 0.717) is 16.4 Å². The first kappa shape index (κ1) is 22.1. The van der Waals surface area contributed by atoms with Crippen molar-refractivity contribution in [3.63, 3.8) is 0 Å². The summed E-state index contributed by atoms with van der Waals surface area (Å²) in [6.07, 6.45) is 0. The first-order valence-corrected chi connectivity index (χ1v) is 10.3. The molecule has 1 rings (SSSR count). The van der Waals surface area contributed by atoms with Gasteiger partial charge in [-0.2, -0.15) is 0 Å². The maximum absolute atomic E-state index is 11.9. The van der Waals surface area contributed by atoms with Crippen LogP contribution in [0.3, 0.4) is 0 Å². The van der Waals surface area contributed by atoms with Crippen LogP contribution in [0.5, 0.6) is 0 Å². The van der Waals surface area contributed by atoms with E-state index < -0.39 is 16.4 Å². The van der Waals surface area contributed by atoms with Gasteiger partial charge in [-0.3, -0.25) is 14.4 Å². The van der Waals surface area contributed by atoms with Crippen LogP contribution in [-0.2, 0) is 9.53 Å². The molecule has 126 valence electrons. The highest BCUT2D eigenvalue weighted by Gasteiger charge is 2.27. The van der Waals surface area contributed by atoms with Gasteiger partial charge in [0.25, 0.3) is 10.5 Å². The Kier molecular flexibility index (Phi) is 9.85. The predicted molar refractivity (Wildman–Crippen MR) is 115 cm³/mol. The van der Waals surface area contributed by atoms with Crippen LogP contribution in [0.1, 0.15) is 20.7 Å². The molecule has 1 aromatic carbocycles. The normalized spacial score (nSPS) is 10.5. The maximum Gasteiger partial charge on any atom is 0.254 e. The third kappa shape index (κ3) is 5.78. The van der Waals surface area contributed by atoms with Gasteiger partial charge in [0, 0.05) is 9.45 Å². The highest BCUT2D eigenvalue weighted by molar-refractivity contribution is 14.1. The molecule has 0 aliphatic rings. The smallest absolute Gasteiger partial charge is 0.254 e. The minimum absolute atomic E-state index is 0.120. The lowest BCUT2D eigenvalue weighted by Gasteiger charge is -2.16. The summed E-state index contributed by atoms with van der Waals surface area (Å²) in [5, 5.41) is 1.11. The Hall–Kier alpha value is 1.05. The summed E-state index contributed by atoms with van der Waals surface area (Å²) < 4.78 is 6.22. The van der Waals surface area contributed by atoms with Gasteiger partial charge in [0.1, 0.15) is 6.61 Å². The molecule has 23 heavy (non-hydrogen) atoms. The fraction of sp³-hybridized carbons (Fsp3) is 0.250. The molecule has 1 amide bonds. The summed E-state index contributed by atoms with van der Waals surface area (Å²) in [5.74, 6) is -0.185. The summed E-state index contributed by atoms with van der Waals surface area (Å²) in [4.78, 5) is 35.3. The van der Waals surface area contributed by atoms with Gasteiger partial charge in [-0.15, -0.1) is 11.6 Å². The molecule has 0 aromatic heterocycles. The van der Waals surface area contributed by atoms with Crippen molar-refractivity contribution in [2.24, 2.45) is 0 Å². The third-order valence-corrected chi connectivity index (χ3v) is 6.20. The fourth-order valence-corrected chi connectivity index (χ4v) is 7.05. The Balaban J connectivity index is 3.34. The number of hydrogen-bond acceptors (Lipinski definition) is 4. The van der Waals surface area contributed by atoms with Crippen LogP contribution in [0, 0.1) is 10.7 Å². The minimum atomic E-state index is -0.747. The second-order valence-corrected chi connectivity index (χ2v) is 8.20. The van der Waals surface area contributed by atoms with Gasteiger partial charge < -0.3 is 10.1 Å². The van der Waals surface area contributed by atoms with Crippen LogP contribution in [0.2, 0.25) is 0 Å². The van der Waals surface area contributed by atoms with Gasteiger partial charge in [-0.1, -0.05) is 0 Å². The number of hydrogen-bond donors (Lipinski definition) is 1. The molecule has 0 aliphatic carbocycles. The molecule has 0 aliphatic heterocycles. The number of benzene rings is 1. The molecule has 0 fully saturated rings. The van der Waals surface area contributed by atoms with Crippen LogP contribution in [-0.4, -0.2) is 35.5 Å². The monoisotopic (exact) mass is 715 g/mol. The van der Waals surface area contributed by atoms with Gasteiger partial charge in [-0.25, -0.2) is 0 Å². The number of alkyl halides is 1. The molecule has 0 radical (unpaired) electrons. The Bertz CT molecular complexity index is 628. The zero-order chi connectivity index (χ0) is 17.7. The zero-order valence-corrected chi connectivity index (χ0v) is 19.8. The molecule has 0 spiro atoms. The summed E-state index contributed by atoms with van der Waals surface area (Å²) in [6, 6.07) is 0. The number of halogens is 6. The number of ether oxygens (including phenoxy) is 1. The van der Waals surface area contributed by atoms with Crippen LogP contribution < -0.4 is 5.32 Å². The zero-order valence-electron chi connectivity index (χ0n) is 11.0. The minimum Gasteiger partial charge on any atom is -0.370 e. The third-order valence-electron chi connectivity index (χ3n) is 2.43. The molecule has 0 atom stereocenters. The van der Waals surface area contributed by atoms with Crippen molar-refractivity contribution in [3.05, 3.63) is 21.8 Å². The molecule has 0 saturated carbocycles. The van der Waals surface area contributed by atoms with Gasteiger partial charge in [0.2, 0.25) is 5.91 Å². The average Bonchev–Trinajstić information content (AvgIpc) is 2.43. The van der Waals surface area contributed by atoms with Crippen molar-refractivity contribution < 1.29 is 19.1 Å². The lowest BCUT2D eigenvalue weighted by atomic mass is 10.1. The number of rotatable bonds is 7. The molecule has 0 bridgehead atoms. The molecule has 5 nitrogen and oxygen atoms in total. The second kappa shape index (κ2) is 10.3. The van der Waals surface area contributed by atoms with E-state index >= 15 is 0 Å². The Morgan fingerprint density at radius 1 is 0.957 bits per heavy atom. The second-order valence-electron chi connectivity index (χ2n) is 3.90. The van der Waals surface area contributed by atoms with E-state index in [1.165, 1.54) is 0 Å². The number of carbonyl (C=O) groups is 3. The van der Waals surface area contributed by atoms with Crippen molar-refractivity contribution in [1.29, 1.82) is 0 Å². The molecule has 1 N–H and O–H groups in total. The van der Waals surface area contributed by atoms with Gasteiger partial charge in [-0.05, 0) is 91.0 Å². The highest BCUT2D eigenvalue weighted by Crippen LogP contribution is 2.37. The van der Waals surface area contributed by atoms with E-state index in [1.807, 2.05) is 67.8 Å². The lowest BCUT2D eigenvalue weighted by Crippen LogP contribution is -2.22. The number of amides is 1. The largest absolute Gasteiger partial charge is 0.370 e. The number of anilines is 1. The molecule has 0 saturated heterocycles. The van der Waals surface area contributed by atoms with Crippen molar-refractivity contribution >= 4 is 125 Å². The Morgan fingerprint density at radius 3 is 1.83 bits per heavy atom. The van der Waals surface area contributed by atoms with Crippen molar-refractivity contribution in [2.75, 3.05) is 24.4 Å². The molecule has 1 aromatic rings. The predicted octanol–water partition coefficient (Wildman–Crippen LogP) is 4.45. The molecular weight excluding hydrogens is 709 g/mol. The quantitative estimate of drug-likeness (QED) is 0.196. The van der Waals surface area contributed by atoms with Crippen LogP contribution in [0.15, 0.2) is 0 Å². The van der Waals surface area contributed by atoms with E-state index in [0.717, 1.165) is 0 Å². The Morgan fingerprint density at radius 2 is 1.43 bits per heavy atom. The molecule has 0 heterocycles. The number of nitrogens with one attached hydrogen (secondary N) is 1. The van der Waals surface area contributed by atoms with E-state index in [2.05, 4.69) is 5.32 Å². The van der Waals surface area contributed by atoms with Crippen LogP contribution in [0.25, 0.3) is 0 Å². The van der Waals surface area contributed by atoms with Crippen LogP contribution >= 0.6 is 103 Å². The highest BCUT2D eigenvalue weighted by atomic mass is 127. The molecule has 11 heteroatoms. The van der Waals surface area contributed by atoms with Gasteiger partial charge in [0.05, 0.1) is 30.6 Å². The maximum atomic E-state index is 11.9. The van der Waals surface area contributed by atoms with Gasteiger partial charge >= 0.3 is 0 Å². The van der Waals surface area contributed by atoms with E-state index in [4.69, 9.17) is 39.5 Å². The molecular formula is C12H7Cl3I3NO4. The van der Waals surface area contributed by atoms with Crippen molar-refractivity contribution in [1.82, 2.24) is 0 Å². The first-order valence-electron chi connectivity index (χ1n) is 5.76. The fourth-order valence-electron chi connectivity index (χ4n) is 1.51. The van der Waals surface area contributed by atoms with Crippen LogP contribution in [0.4, 0.5) is 5.69 Å². The van der Waals surface area contributed by atoms with E-state index in [9.17, 15) is 14.4 Å². The van der Waals surface area contributed by atoms with E-state index in [-0.39, 0.29) is 30.2 Å². The summed E-state index contributed by atoms with van der Waals surface area (Å²) >= 11 is 22.2. The standard InChI is InChI=1S/C12H7Cl3I3NO4/c13-1-2-23-3-4(20)19-10-8(17)5(11(14)21)7(16)6(9(10)18)12(15)22/h1-3H2,(H,19,20). The summed E-state index contributed by atoms with van der Waals surface area (Å²) in [7, 11) is 0. The van der Waals surface area contributed by atoms with Gasteiger partial charge in [0.15, 0.2) is 0 Å². The summed E-state index contributed by atoms with van der Waals surface area (Å²) in [6.45, 7) is 0.0197. The first-order chi connectivity index (χ1) is 10.7. The van der Waals surface area contributed by atoms with E-state index in [1.54, 1.807) is 0 Å². The van der Waals surface area contributed by atoms with Crippen molar-refractivity contribution in [2.45, 2.75) is 0 Å². The Labute approximate surface area is 187 Å². The number of carbonyl (C=O) groups excluding carboxylic acids is 3. The summed E-state index contributed by atoms with van der Waals surface area (Å²) in [5.41, 5.74) is 0.530. The van der Waals surface area contributed by atoms with Crippen molar-refractivity contribution in [3.8, 4) is 0 Å². The average molecular weight is 716 g/mol. The molecule has 0 unspecified atom stereocenters. The lowest BCUT2D eigenvalue weighted by molar-refractivity contribution is -0.120.